The molecule has 2 atom stereocenters. The van der Waals surface area contributed by atoms with E-state index < -0.39 is 12.1 Å². The molecule has 0 aromatic heterocycles. The van der Waals surface area contributed by atoms with Crippen molar-refractivity contribution in [1.82, 2.24) is 20.0 Å². The SMILES string of the molecule is CCCN(CCC)C(=O)[C@@H](Cc1ccccc1)N1CC2=C(C1=O)[C@H](c1cccc(Oc3ccccc3)c1)NC(=O)N2C. The highest BCUT2D eigenvalue weighted by molar-refractivity contribution is 6.03. The first-order chi connectivity index (χ1) is 20.4. The maximum Gasteiger partial charge on any atom is 0.322 e. The first-order valence-electron chi connectivity index (χ1n) is 14.6. The molecule has 0 radical (unpaired) electrons. The molecule has 0 bridgehead atoms. The summed E-state index contributed by atoms with van der Waals surface area (Å²) in [7, 11) is 1.67. The Kier molecular flexibility index (Phi) is 8.91. The number of nitrogens with zero attached hydrogens (tertiary/aromatic N) is 3. The predicted octanol–water partition coefficient (Wildman–Crippen LogP) is 5.53. The highest BCUT2D eigenvalue weighted by Crippen LogP contribution is 2.38. The van der Waals surface area contributed by atoms with Crippen LogP contribution in [0.2, 0.25) is 0 Å². The van der Waals surface area contributed by atoms with Crippen molar-refractivity contribution in [3.8, 4) is 11.5 Å². The number of hydrogen-bond donors (Lipinski definition) is 1. The third-order valence-corrected chi connectivity index (χ3v) is 7.79. The summed E-state index contributed by atoms with van der Waals surface area (Å²) in [4.78, 5) is 46.5. The van der Waals surface area contributed by atoms with Crippen LogP contribution < -0.4 is 10.1 Å². The summed E-state index contributed by atoms with van der Waals surface area (Å²) in [5, 5.41) is 3.01. The van der Waals surface area contributed by atoms with Crippen LogP contribution in [0.25, 0.3) is 0 Å². The van der Waals surface area contributed by atoms with Gasteiger partial charge in [0.1, 0.15) is 17.5 Å². The third kappa shape index (κ3) is 6.03. The minimum atomic E-state index is -0.694. The second-order valence-corrected chi connectivity index (χ2v) is 10.8. The number of likely N-dealkylation sites (N-methyl/N-ethyl adjacent to an activating group) is 1. The van der Waals surface area contributed by atoms with Crippen molar-refractivity contribution >= 4 is 17.8 Å². The number of nitrogens with one attached hydrogen (secondary N) is 1. The van der Waals surface area contributed by atoms with Gasteiger partial charge in [-0.05, 0) is 48.2 Å². The number of urea groups is 1. The lowest BCUT2D eigenvalue weighted by molar-refractivity contribution is -0.143. The lowest BCUT2D eigenvalue weighted by atomic mass is 9.95. The molecule has 4 amide bonds. The summed E-state index contributed by atoms with van der Waals surface area (Å²) in [6.07, 6.45) is 2.06. The zero-order valence-corrected chi connectivity index (χ0v) is 24.5. The predicted molar refractivity (Wildman–Crippen MR) is 162 cm³/mol. The van der Waals surface area contributed by atoms with Gasteiger partial charge < -0.3 is 19.9 Å². The molecule has 1 N–H and O–H groups in total. The van der Waals surface area contributed by atoms with Gasteiger partial charge in [0.2, 0.25) is 5.91 Å². The van der Waals surface area contributed by atoms with Crippen LogP contribution in [-0.2, 0) is 16.0 Å². The van der Waals surface area contributed by atoms with Gasteiger partial charge in [-0.1, -0.05) is 74.5 Å². The average molecular weight is 567 g/mol. The van der Waals surface area contributed by atoms with Crippen LogP contribution >= 0.6 is 0 Å². The summed E-state index contributed by atoms with van der Waals surface area (Å²) in [5.41, 5.74) is 2.81. The molecule has 2 aliphatic heterocycles. The van der Waals surface area contributed by atoms with Crippen molar-refractivity contribution in [3.05, 3.63) is 107 Å². The molecule has 0 spiro atoms. The zero-order valence-electron chi connectivity index (χ0n) is 24.5. The molecule has 8 nitrogen and oxygen atoms in total. The Morgan fingerprint density at radius 3 is 2.24 bits per heavy atom. The fourth-order valence-corrected chi connectivity index (χ4v) is 5.72. The lowest BCUT2D eigenvalue weighted by Crippen LogP contribution is -2.51. The van der Waals surface area contributed by atoms with Gasteiger partial charge in [0.25, 0.3) is 5.91 Å². The molecule has 0 fully saturated rings. The quantitative estimate of drug-likeness (QED) is 0.331. The first kappa shape index (κ1) is 28.9. The van der Waals surface area contributed by atoms with Crippen LogP contribution in [0.1, 0.15) is 43.9 Å². The number of rotatable bonds is 11. The Labute approximate surface area is 247 Å². The Bertz CT molecular complexity index is 1450. The van der Waals surface area contributed by atoms with Gasteiger partial charge in [0, 0.05) is 26.6 Å². The fourth-order valence-electron chi connectivity index (χ4n) is 5.72. The van der Waals surface area contributed by atoms with E-state index in [1.54, 1.807) is 11.9 Å². The normalized spacial score (nSPS) is 17.2. The molecule has 3 aromatic rings. The number of para-hydroxylation sites is 1. The molecule has 2 heterocycles. The zero-order chi connectivity index (χ0) is 29.6. The lowest BCUT2D eigenvalue weighted by Gasteiger charge is -2.33. The summed E-state index contributed by atoms with van der Waals surface area (Å²) in [6.45, 7) is 5.55. The van der Waals surface area contributed by atoms with Crippen molar-refractivity contribution in [3.63, 3.8) is 0 Å². The van der Waals surface area contributed by atoms with Crippen LogP contribution in [0.3, 0.4) is 0 Å². The molecule has 0 aliphatic carbocycles. The maximum absolute atomic E-state index is 14.3. The molecule has 8 heteroatoms. The molecule has 2 aliphatic rings. The van der Waals surface area contributed by atoms with Crippen LogP contribution in [0.5, 0.6) is 11.5 Å². The Balaban J connectivity index is 1.48. The number of ether oxygens (including phenoxy) is 1. The molecule has 42 heavy (non-hydrogen) atoms. The molecular formula is C34H38N4O4. The van der Waals surface area contributed by atoms with E-state index in [4.69, 9.17) is 4.74 Å². The van der Waals surface area contributed by atoms with E-state index >= 15 is 0 Å². The molecule has 0 saturated heterocycles. The van der Waals surface area contributed by atoms with E-state index in [-0.39, 0.29) is 24.4 Å². The van der Waals surface area contributed by atoms with Crippen LogP contribution in [0.15, 0.2) is 96.2 Å². The summed E-state index contributed by atoms with van der Waals surface area (Å²) < 4.78 is 6.04. The summed E-state index contributed by atoms with van der Waals surface area (Å²) >= 11 is 0. The average Bonchev–Trinajstić information content (AvgIpc) is 3.35. The van der Waals surface area contributed by atoms with Gasteiger partial charge >= 0.3 is 6.03 Å². The minimum Gasteiger partial charge on any atom is -0.457 e. The second-order valence-electron chi connectivity index (χ2n) is 10.8. The van der Waals surface area contributed by atoms with Crippen LogP contribution in [0, 0.1) is 0 Å². The molecule has 5 rings (SSSR count). The van der Waals surface area contributed by atoms with Gasteiger partial charge in [-0.15, -0.1) is 0 Å². The number of carbonyl (C=O) groups is 3. The highest BCUT2D eigenvalue weighted by atomic mass is 16.5. The molecular weight excluding hydrogens is 528 g/mol. The van der Waals surface area contributed by atoms with Gasteiger partial charge in [-0.2, -0.15) is 0 Å². The van der Waals surface area contributed by atoms with Gasteiger partial charge in [0.15, 0.2) is 0 Å². The molecule has 0 unspecified atom stereocenters. The van der Waals surface area contributed by atoms with Gasteiger partial charge in [0.05, 0.1) is 23.9 Å². The largest absolute Gasteiger partial charge is 0.457 e. The topological polar surface area (TPSA) is 82.2 Å². The maximum atomic E-state index is 14.3. The Morgan fingerprint density at radius 1 is 0.929 bits per heavy atom. The van der Waals surface area contributed by atoms with E-state index in [9.17, 15) is 14.4 Å². The standard InChI is InChI=1S/C34H38N4O4/c1-4-19-37(20-5-2)32(39)28(21-24-13-8-6-9-14-24)38-23-29-30(33(38)40)31(35-34(41)36(29)3)25-15-12-18-27(22-25)42-26-16-10-7-11-17-26/h6-18,22,28,31H,4-5,19-21,23H2,1-3H3,(H,35,41)/t28-,31+/m1/s1. The van der Waals surface area contributed by atoms with Gasteiger partial charge in [-0.3, -0.25) is 14.5 Å². The number of carbonyl (C=O) groups excluding carboxylic acids is 3. The minimum absolute atomic E-state index is 0.0625. The molecule has 0 saturated carbocycles. The van der Waals surface area contributed by atoms with E-state index in [1.165, 1.54) is 4.90 Å². The van der Waals surface area contributed by atoms with Crippen molar-refractivity contribution in [2.75, 3.05) is 26.7 Å². The molecule has 218 valence electrons. The van der Waals surface area contributed by atoms with E-state index in [0.717, 1.165) is 24.0 Å². The third-order valence-electron chi connectivity index (χ3n) is 7.79. The fraction of sp³-hybridized carbons (Fsp3) is 0.324. The van der Waals surface area contributed by atoms with Crippen molar-refractivity contribution in [2.45, 2.75) is 45.2 Å². The van der Waals surface area contributed by atoms with E-state index in [1.807, 2.05) is 89.8 Å². The Hall–Kier alpha value is -4.59. The van der Waals surface area contributed by atoms with Crippen molar-refractivity contribution in [1.29, 1.82) is 0 Å². The monoisotopic (exact) mass is 566 g/mol. The van der Waals surface area contributed by atoms with E-state index in [0.29, 0.717) is 42.3 Å². The second kappa shape index (κ2) is 12.9. The highest BCUT2D eigenvalue weighted by Gasteiger charge is 2.46. The van der Waals surface area contributed by atoms with Crippen LogP contribution in [0.4, 0.5) is 4.79 Å². The van der Waals surface area contributed by atoms with Gasteiger partial charge in [-0.25, -0.2) is 4.79 Å². The molecule has 3 aromatic carbocycles. The first-order valence-corrected chi connectivity index (χ1v) is 14.6. The summed E-state index contributed by atoms with van der Waals surface area (Å²) in [6, 6.07) is 25.0. The van der Waals surface area contributed by atoms with Crippen molar-refractivity contribution < 1.29 is 19.1 Å². The summed E-state index contributed by atoms with van der Waals surface area (Å²) in [5.74, 6) is 0.991. The number of benzene rings is 3. The van der Waals surface area contributed by atoms with Crippen LogP contribution in [-0.4, -0.2) is 65.3 Å². The smallest absolute Gasteiger partial charge is 0.322 e. The number of amides is 4. The Morgan fingerprint density at radius 2 is 1.57 bits per heavy atom. The van der Waals surface area contributed by atoms with Crippen molar-refractivity contribution in [2.24, 2.45) is 0 Å². The van der Waals surface area contributed by atoms with E-state index in [2.05, 4.69) is 19.2 Å². The number of hydrogen-bond acceptors (Lipinski definition) is 4.